The molecule has 0 aliphatic rings. The number of hydrogen-bond donors (Lipinski definition) is 1. The maximum absolute atomic E-state index is 5.00. The van der Waals surface area contributed by atoms with Crippen molar-refractivity contribution in [3.05, 3.63) is 30.0 Å². The zero-order valence-electron chi connectivity index (χ0n) is 7.40. The average Bonchev–Trinajstić information content (AvgIpc) is 2.49. The minimum absolute atomic E-state index is 0.432. The number of aromatic nitrogens is 2. The topological polar surface area (TPSA) is 53.1 Å². The Balaban J connectivity index is 2.53. The van der Waals surface area contributed by atoms with Crippen molar-refractivity contribution >= 4 is 10.9 Å². The number of fused-ring (bicyclic) bond motifs is 1. The van der Waals surface area contributed by atoms with Gasteiger partial charge in [-0.2, -0.15) is 5.10 Å². The number of hydrogen-bond acceptors (Lipinski definition) is 3. The Labute approximate surface area is 75.9 Å². The fraction of sp³-hybridized carbons (Fsp3) is 0.222. The largest absolute Gasteiger partial charge is 0.300 e. The molecule has 68 valence electrons. The zero-order valence-corrected chi connectivity index (χ0v) is 7.40. The standard InChI is InChI=1S/C9H11N3O/c1-12-9-4-7(6-13-10)2-3-8(9)5-11-12/h2-5H,6,10H2,1H3. The molecule has 2 N–H and O–H groups in total. The van der Waals surface area contributed by atoms with Crippen molar-refractivity contribution in [2.24, 2.45) is 12.9 Å². The molecule has 2 rings (SSSR count). The van der Waals surface area contributed by atoms with Gasteiger partial charge >= 0.3 is 0 Å². The highest BCUT2D eigenvalue weighted by Crippen LogP contribution is 2.14. The van der Waals surface area contributed by atoms with E-state index >= 15 is 0 Å². The zero-order chi connectivity index (χ0) is 9.26. The molecule has 1 aromatic heterocycles. The van der Waals surface area contributed by atoms with Crippen LogP contribution in [0, 0.1) is 0 Å². The molecule has 0 aliphatic heterocycles. The van der Waals surface area contributed by atoms with Crippen LogP contribution >= 0.6 is 0 Å². The summed E-state index contributed by atoms with van der Waals surface area (Å²) in [7, 11) is 1.91. The molecule has 0 spiro atoms. The molecule has 0 atom stereocenters. The Morgan fingerprint density at radius 2 is 2.38 bits per heavy atom. The molecule has 0 bridgehead atoms. The van der Waals surface area contributed by atoms with E-state index in [0.717, 1.165) is 16.5 Å². The van der Waals surface area contributed by atoms with Gasteiger partial charge in [-0.1, -0.05) is 12.1 Å². The second kappa shape index (κ2) is 3.16. The van der Waals surface area contributed by atoms with E-state index in [1.807, 2.05) is 36.1 Å². The molecule has 0 amide bonds. The van der Waals surface area contributed by atoms with Crippen LogP contribution in [0.15, 0.2) is 24.4 Å². The molecule has 1 heterocycles. The highest BCUT2D eigenvalue weighted by molar-refractivity contribution is 5.79. The number of aryl methyl sites for hydroxylation is 1. The van der Waals surface area contributed by atoms with Crippen LogP contribution in [0.5, 0.6) is 0 Å². The minimum Gasteiger partial charge on any atom is -0.300 e. The van der Waals surface area contributed by atoms with Crippen LogP contribution < -0.4 is 5.90 Å². The number of nitrogens with two attached hydrogens (primary N) is 1. The Kier molecular flexibility index (Phi) is 2.00. The lowest BCUT2D eigenvalue weighted by Gasteiger charge is -1.99. The first kappa shape index (κ1) is 8.22. The molecule has 0 saturated heterocycles. The summed E-state index contributed by atoms with van der Waals surface area (Å²) in [4.78, 5) is 4.56. The third kappa shape index (κ3) is 1.41. The lowest BCUT2D eigenvalue weighted by Crippen LogP contribution is -1.99. The normalized spacial score (nSPS) is 10.9. The van der Waals surface area contributed by atoms with Crippen LogP contribution in [0.4, 0.5) is 0 Å². The lowest BCUT2D eigenvalue weighted by atomic mass is 10.2. The maximum Gasteiger partial charge on any atom is 0.0930 e. The predicted molar refractivity (Wildman–Crippen MR) is 49.7 cm³/mol. The lowest BCUT2D eigenvalue weighted by molar-refractivity contribution is 0.124. The third-order valence-corrected chi connectivity index (χ3v) is 2.06. The summed E-state index contributed by atoms with van der Waals surface area (Å²) in [5.74, 6) is 5.00. The van der Waals surface area contributed by atoms with Crippen LogP contribution in [-0.4, -0.2) is 9.78 Å². The van der Waals surface area contributed by atoms with E-state index in [1.165, 1.54) is 0 Å². The number of rotatable bonds is 2. The summed E-state index contributed by atoms with van der Waals surface area (Å²) >= 11 is 0. The molecule has 0 aliphatic carbocycles. The Morgan fingerprint density at radius 1 is 1.54 bits per heavy atom. The first-order valence-electron chi connectivity index (χ1n) is 4.03. The highest BCUT2D eigenvalue weighted by atomic mass is 16.6. The highest BCUT2D eigenvalue weighted by Gasteiger charge is 2.00. The average molecular weight is 177 g/mol. The quantitative estimate of drug-likeness (QED) is 0.695. The van der Waals surface area contributed by atoms with Gasteiger partial charge in [0.25, 0.3) is 0 Å². The summed E-state index contributed by atoms with van der Waals surface area (Å²) in [6.45, 7) is 0.432. The van der Waals surface area contributed by atoms with Gasteiger partial charge in [-0.15, -0.1) is 0 Å². The summed E-state index contributed by atoms with van der Waals surface area (Å²) in [6.07, 6.45) is 1.84. The second-order valence-corrected chi connectivity index (χ2v) is 2.97. The van der Waals surface area contributed by atoms with Crippen molar-refractivity contribution in [1.29, 1.82) is 0 Å². The van der Waals surface area contributed by atoms with Crippen molar-refractivity contribution < 1.29 is 4.84 Å². The van der Waals surface area contributed by atoms with E-state index in [9.17, 15) is 0 Å². The summed E-state index contributed by atoms with van der Waals surface area (Å²) < 4.78 is 1.83. The van der Waals surface area contributed by atoms with Crippen molar-refractivity contribution in [2.45, 2.75) is 6.61 Å². The van der Waals surface area contributed by atoms with Crippen molar-refractivity contribution in [2.75, 3.05) is 0 Å². The monoisotopic (exact) mass is 177 g/mol. The summed E-state index contributed by atoms with van der Waals surface area (Å²) in [5.41, 5.74) is 2.15. The van der Waals surface area contributed by atoms with E-state index in [0.29, 0.717) is 6.61 Å². The van der Waals surface area contributed by atoms with Gasteiger partial charge in [0, 0.05) is 12.4 Å². The fourth-order valence-electron chi connectivity index (χ4n) is 1.38. The molecule has 0 saturated carbocycles. The molecule has 0 fully saturated rings. The van der Waals surface area contributed by atoms with Gasteiger partial charge in [0.05, 0.1) is 18.3 Å². The van der Waals surface area contributed by atoms with E-state index in [4.69, 9.17) is 5.90 Å². The van der Waals surface area contributed by atoms with Crippen LogP contribution in [0.25, 0.3) is 10.9 Å². The van der Waals surface area contributed by atoms with Gasteiger partial charge in [0.15, 0.2) is 0 Å². The fourth-order valence-corrected chi connectivity index (χ4v) is 1.38. The number of nitrogens with zero attached hydrogens (tertiary/aromatic N) is 2. The third-order valence-electron chi connectivity index (χ3n) is 2.06. The Morgan fingerprint density at radius 3 is 3.15 bits per heavy atom. The molecular formula is C9H11N3O. The molecule has 4 heteroatoms. The SMILES string of the molecule is Cn1ncc2ccc(CON)cc21. The summed E-state index contributed by atoms with van der Waals surface area (Å²) in [5, 5.41) is 5.27. The number of benzene rings is 1. The van der Waals surface area contributed by atoms with Gasteiger partial charge in [0.2, 0.25) is 0 Å². The van der Waals surface area contributed by atoms with Crippen LogP contribution in [0.3, 0.4) is 0 Å². The molecule has 4 nitrogen and oxygen atoms in total. The van der Waals surface area contributed by atoms with Crippen molar-refractivity contribution in [1.82, 2.24) is 9.78 Å². The Bertz CT molecular complexity index is 422. The van der Waals surface area contributed by atoms with Gasteiger partial charge in [-0.25, -0.2) is 5.90 Å². The van der Waals surface area contributed by atoms with E-state index < -0.39 is 0 Å². The van der Waals surface area contributed by atoms with E-state index in [-0.39, 0.29) is 0 Å². The molecule has 13 heavy (non-hydrogen) atoms. The first-order chi connectivity index (χ1) is 6.31. The van der Waals surface area contributed by atoms with Gasteiger partial charge in [0.1, 0.15) is 0 Å². The first-order valence-corrected chi connectivity index (χ1v) is 4.03. The van der Waals surface area contributed by atoms with Crippen molar-refractivity contribution in [3.8, 4) is 0 Å². The minimum atomic E-state index is 0.432. The predicted octanol–water partition coefficient (Wildman–Crippen LogP) is 0.964. The van der Waals surface area contributed by atoms with Crippen LogP contribution in [-0.2, 0) is 18.5 Å². The van der Waals surface area contributed by atoms with Gasteiger partial charge in [-0.3, -0.25) is 9.52 Å². The summed E-state index contributed by atoms with van der Waals surface area (Å²) in [6, 6.07) is 6.02. The van der Waals surface area contributed by atoms with Crippen LogP contribution in [0.1, 0.15) is 5.56 Å². The van der Waals surface area contributed by atoms with Crippen molar-refractivity contribution in [3.63, 3.8) is 0 Å². The van der Waals surface area contributed by atoms with Crippen LogP contribution in [0.2, 0.25) is 0 Å². The van der Waals surface area contributed by atoms with E-state index in [1.54, 1.807) is 0 Å². The van der Waals surface area contributed by atoms with Gasteiger partial charge < -0.3 is 0 Å². The Hall–Kier alpha value is -1.39. The molecule has 1 aromatic carbocycles. The molecule has 0 radical (unpaired) electrons. The molecule has 0 unspecified atom stereocenters. The smallest absolute Gasteiger partial charge is 0.0930 e. The molecule has 2 aromatic rings. The maximum atomic E-state index is 5.00. The van der Waals surface area contributed by atoms with E-state index in [2.05, 4.69) is 9.94 Å². The second-order valence-electron chi connectivity index (χ2n) is 2.97. The molecular weight excluding hydrogens is 166 g/mol. The van der Waals surface area contributed by atoms with Gasteiger partial charge in [-0.05, 0) is 11.6 Å².